The minimum atomic E-state index is -0.824. The maximum Gasteiger partial charge on any atom is 0.304 e. The number of aromatic nitrogens is 2. The van der Waals surface area contributed by atoms with Gasteiger partial charge in [-0.05, 0) is 72.7 Å². The quantitative estimate of drug-likeness (QED) is 0.467. The lowest BCUT2D eigenvalue weighted by Gasteiger charge is -2.37. The fourth-order valence-electron chi connectivity index (χ4n) is 6.46. The largest absolute Gasteiger partial charge is 0.481 e. The number of rotatable bonds is 5. The predicted molar refractivity (Wildman–Crippen MR) is 142 cm³/mol. The molecule has 6 rings (SSSR count). The summed E-state index contributed by atoms with van der Waals surface area (Å²) in [4.78, 5) is 25.4. The maximum atomic E-state index is 11.7. The molecule has 3 aliphatic rings. The Morgan fingerprint density at radius 2 is 2.08 bits per heavy atom. The van der Waals surface area contributed by atoms with Gasteiger partial charge in [0.05, 0.1) is 12.6 Å². The molecule has 2 unspecified atom stereocenters. The molecule has 186 valence electrons. The zero-order chi connectivity index (χ0) is 25.0. The van der Waals surface area contributed by atoms with Crippen LogP contribution < -0.4 is 10.2 Å². The Morgan fingerprint density at radius 3 is 2.92 bits per heavy atom. The Balaban J connectivity index is 1.34. The van der Waals surface area contributed by atoms with Crippen LogP contribution in [0.25, 0.3) is 0 Å². The Morgan fingerprint density at radius 1 is 1.28 bits per heavy atom. The van der Waals surface area contributed by atoms with Crippen LogP contribution in [-0.2, 0) is 23.2 Å². The number of anilines is 4. The first-order chi connectivity index (χ1) is 17.3. The van der Waals surface area contributed by atoms with Crippen LogP contribution in [0.2, 0.25) is 5.02 Å². The van der Waals surface area contributed by atoms with Crippen molar-refractivity contribution in [3.8, 4) is 0 Å². The zero-order valence-electron chi connectivity index (χ0n) is 20.6. The molecule has 0 bridgehead atoms. The van der Waals surface area contributed by atoms with Crippen molar-refractivity contribution in [2.75, 3.05) is 30.4 Å². The summed E-state index contributed by atoms with van der Waals surface area (Å²) >= 11 is 6.61. The normalized spacial score (nSPS) is 22.8. The first-order valence-corrected chi connectivity index (χ1v) is 12.9. The third-order valence-corrected chi connectivity index (χ3v) is 8.13. The minimum Gasteiger partial charge on any atom is -0.481 e. The van der Waals surface area contributed by atoms with Gasteiger partial charge in [-0.1, -0.05) is 36.7 Å². The molecule has 7 nitrogen and oxygen atoms in total. The molecular formula is C28H30ClN5O2. The van der Waals surface area contributed by atoms with Gasteiger partial charge in [0.1, 0.15) is 5.02 Å². The van der Waals surface area contributed by atoms with E-state index in [1.807, 2.05) is 36.1 Å². The molecular weight excluding hydrogens is 474 g/mol. The number of hydrogen-bond donors (Lipinski definition) is 2. The van der Waals surface area contributed by atoms with Gasteiger partial charge in [0.15, 0.2) is 5.82 Å². The van der Waals surface area contributed by atoms with Gasteiger partial charge in [0.2, 0.25) is 5.95 Å². The summed E-state index contributed by atoms with van der Waals surface area (Å²) in [7, 11) is 2.19. The molecule has 0 fully saturated rings. The lowest BCUT2D eigenvalue weighted by molar-refractivity contribution is -0.138. The molecule has 0 radical (unpaired) electrons. The number of carbonyl (C=O) groups is 1. The van der Waals surface area contributed by atoms with Gasteiger partial charge in [0.25, 0.3) is 0 Å². The average Bonchev–Trinajstić information content (AvgIpc) is 3.12. The van der Waals surface area contributed by atoms with Crippen molar-refractivity contribution in [1.29, 1.82) is 0 Å². The molecule has 1 aliphatic carbocycles. The Bertz CT molecular complexity index is 1360. The van der Waals surface area contributed by atoms with Gasteiger partial charge in [-0.2, -0.15) is 4.98 Å². The van der Waals surface area contributed by atoms with Gasteiger partial charge in [-0.15, -0.1) is 0 Å². The van der Waals surface area contributed by atoms with Crippen LogP contribution >= 0.6 is 11.6 Å². The number of carboxylic acids is 1. The molecule has 0 spiro atoms. The second-order valence-electron chi connectivity index (χ2n) is 10.7. The van der Waals surface area contributed by atoms with Crippen molar-refractivity contribution in [3.63, 3.8) is 0 Å². The van der Waals surface area contributed by atoms with E-state index >= 15 is 0 Å². The van der Waals surface area contributed by atoms with Crippen LogP contribution in [0.15, 0.2) is 42.6 Å². The molecule has 2 N–H and O–H groups in total. The lowest BCUT2D eigenvalue weighted by atomic mass is 9.77. The minimum absolute atomic E-state index is 0.0294. The van der Waals surface area contributed by atoms with Crippen molar-refractivity contribution in [2.24, 2.45) is 0 Å². The number of aryl methyl sites for hydroxylation is 1. The Hall–Kier alpha value is -3.16. The monoisotopic (exact) mass is 503 g/mol. The summed E-state index contributed by atoms with van der Waals surface area (Å²) in [6.07, 6.45) is 5.24. The summed E-state index contributed by atoms with van der Waals surface area (Å²) in [5.41, 5.74) is 6.74. The second-order valence-corrected chi connectivity index (χ2v) is 11.1. The number of likely N-dealkylation sites (N-methyl/N-ethyl adjacent to an activating group) is 1. The third-order valence-electron chi connectivity index (χ3n) is 7.86. The molecule has 0 saturated carbocycles. The van der Waals surface area contributed by atoms with E-state index in [1.54, 1.807) is 11.8 Å². The van der Waals surface area contributed by atoms with Crippen LogP contribution in [-0.4, -0.2) is 46.1 Å². The van der Waals surface area contributed by atoms with Crippen molar-refractivity contribution in [1.82, 2.24) is 14.9 Å². The van der Waals surface area contributed by atoms with Gasteiger partial charge in [0, 0.05) is 36.4 Å². The van der Waals surface area contributed by atoms with E-state index in [0.717, 1.165) is 36.4 Å². The molecule has 1 aromatic heterocycles. The summed E-state index contributed by atoms with van der Waals surface area (Å²) in [5.74, 6) is 0.858. The molecule has 0 amide bonds. The number of para-hydroxylation sites is 1. The fraction of sp³-hybridized carbons (Fsp3) is 0.393. The van der Waals surface area contributed by atoms with E-state index in [-0.39, 0.29) is 6.42 Å². The standard InChI is InChI=1S/C28H30ClN5O2/c1-28(12-24(35)36)16-34(23-9-4-3-8-21(23)28)26-22(29)13-30-27(32-26)31-20-10-17-6-5-7-18-14-33(2)15-19(11-20)25(17)18/h3-4,8-11,13,18H,5-7,12,14-16H2,1-2H3,(H,35,36)(H,30,31,32). The van der Waals surface area contributed by atoms with Crippen LogP contribution in [0, 0.1) is 0 Å². The van der Waals surface area contributed by atoms with Crippen molar-refractivity contribution >= 4 is 40.7 Å². The highest BCUT2D eigenvalue weighted by Gasteiger charge is 2.42. The Kier molecular flexibility index (Phi) is 5.65. The molecule has 3 heterocycles. The SMILES string of the molecule is CN1Cc2cc(Nc3ncc(Cl)c(N4CC(C)(CC(=O)O)c5ccccc54)n3)cc3c2C(CCC3)C1. The average molecular weight is 504 g/mol. The maximum absolute atomic E-state index is 11.7. The van der Waals surface area contributed by atoms with Crippen molar-refractivity contribution < 1.29 is 9.90 Å². The fourth-order valence-corrected chi connectivity index (χ4v) is 6.65. The smallest absolute Gasteiger partial charge is 0.304 e. The van der Waals surface area contributed by atoms with Gasteiger partial charge >= 0.3 is 5.97 Å². The zero-order valence-corrected chi connectivity index (χ0v) is 21.3. The van der Waals surface area contributed by atoms with Crippen LogP contribution in [0.3, 0.4) is 0 Å². The van der Waals surface area contributed by atoms with Gasteiger partial charge in [-0.3, -0.25) is 4.79 Å². The highest BCUT2D eigenvalue weighted by atomic mass is 35.5. The van der Waals surface area contributed by atoms with E-state index < -0.39 is 11.4 Å². The van der Waals surface area contributed by atoms with E-state index in [9.17, 15) is 9.90 Å². The molecule has 2 aliphatic heterocycles. The summed E-state index contributed by atoms with van der Waals surface area (Å²) in [6.45, 7) is 4.55. The Labute approximate surface area is 216 Å². The van der Waals surface area contributed by atoms with Crippen LogP contribution in [0.1, 0.15) is 54.4 Å². The summed E-state index contributed by atoms with van der Waals surface area (Å²) in [5, 5.41) is 13.4. The van der Waals surface area contributed by atoms with Gasteiger partial charge in [-0.25, -0.2) is 4.98 Å². The number of halogens is 1. The first kappa shape index (κ1) is 23.3. The van der Waals surface area contributed by atoms with E-state index in [1.165, 1.54) is 24.0 Å². The van der Waals surface area contributed by atoms with E-state index in [4.69, 9.17) is 16.6 Å². The number of nitrogens with one attached hydrogen (secondary N) is 1. The lowest BCUT2D eigenvalue weighted by Crippen LogP contribution is -2.33. The van der Waals surface area contributed by atoms with Crippen LogP contribution in [0.4, 0.5) is 23.1 Å². The first-order valence-electron chi connectivity index (χ1n) is 12.5. The topological polar surface area (TPSA) is 81.6 Å². The molecule has 3 aromatic rings. The highest BCUT2D eigenvalue weighted by Crippen LogP contribution is 2.47. The third kappa shape index (κ3) is 4.00. The molecule has 8 heteroatoms. The number of carboxylic acid groups (broad SMARTS) is 1. The second kappa shape index (κ2) is 8.75. The molecule has 2 atom stereocenters. The molecule has 2 aromatic carbocycles. The highest BCUT2D eigenvalue weighted by molar-refractivity contribution is 6.33. The number of nitrogens with zero attached hydrogens (tertiary/aromatic N) is 4. The summed E-state index contributed by atoms with van der Waals surface area (Å²) in [6, 6.07) is 12.4. The number of hydrogen-bond acceptors (Lipinski definition) is 6. The predicted octanol–water partition coefficient (Wildman–Crippen LogP) is 5.62. The van der Waals surface area contributed by atoms with Crippen molar-refractivity contribution in [3.05, 3.63) is 69.9 Å². The van der Waals surface area contributed by atoms with Gasteiger partial charge < -0.3 is 20.2 Å². The van der Waals surface area contributed by atoms with E-state index in [0.29, 0.717) is 29.3 Å². The number of fused-ring (bicyclic) bond motifs is 1. The van der Waals surface area contributed by atoms with E-state index in [2.05, 4.69) is 34.4 Å². The number of benzene rings is 2. The van der Waals surface area contributed by atoms with Crippen LogP contribution in [0.5, 0.6) is 0 Å². The van der Waals surface area contributed by atoms with Crippen molar-refractivity contribution in [2.45, 2.75) is 50.5 Å². The number of aliphatic carboxylic acids is 1. The summed E-state index contributed by atoms with van der Waals surface area (Å²) < 4.78 is 0. The molecule has 36 heavy (non-hydrogen) atoms. The molecule has 0 saturated heterocycles.